The Morgan fingerprint density at radius 1 is 1.57 bits per heavy atom. The molecule has 1 rings (SSSR count). The van der Waals surface area contributed by atoms with Gasteiger partial charge in [-0.15, -0.1) is 0 Å². The second kappa shape index (κ2) is 5.37. The highest BCUT2D eigenvalue weighted by Crippen LogP contribution is 2.08. The second-order valence-electron chi connectivity index (χ2n) is 3.17. The van der Waals surface area contributed by atoms with E-state index in [0.717, 1.165) is 36.9 Å². The van der Waals surface area contributed by atoms with E-state index >= 15 is 0 Å². The summed E-state index contributed by atoms with van der Waals surface area (Å²) in [5, 5.41) is 4.18. The van der Waals surface area contributed by atoms with Crippen LogP contribution in [0.5, 0.6) is 0 Å². The lowest BCUT2D eigenvalue weighted by atomic mass is 10.2. The van der Waals surface area contributed by atoms with Gasteiger partial charge in [0.1, 0.15) is 6.29 Å². The summed E-state index contributed by atoms with van der Waals surface area (Å²) in [6.45, 7) is 4.98. The highest BCUT2D eigenvalue weighted by molar-refractivity contribution is 5.80. The third-order valence-electron chi connectivity index (χ3n) is 2.08. The fourth-order valence-electron chi connectivity index (χ4n) is 1.27. The minimum absolute atomic E-state index is 0.765. The molecule has 0 aliphatic carbocycles. The fourth-order valence-corrected chi connectivity index (χ4v) is 1.27. The molecule has 0 unspecified atom stereocenters. The number of rotatable bonds is 5. The van der Waals surface area contributed by atoms with Gasteiger partial charge in [-0.05, 0) is 30.6 Å². The van der Waals surface area contributed by atoms with Crippen molar-refractivity contribution < 1.29 is 4.79 Å². The van der Waals surface area contributed by atoms with E-state index in [1.807, 2.05) is 23.7 Å². The average molecular weight is 192 g/mol. The van der Waals surface area contributed by atoms with E-state index < -0.39 is 0 Å². The van der Waals surface area contributed by atoms with E-state index in [2.05, 4.69) is 12.0 Å². The molecule has 1 aromatic heterocycles. The first-order chi connectivity index (χ1) is 6.81. The molecule has 0 saturated heterocycles. The van der Waals surface area contributed by atoms with Crippen LogP contribution in [0.2, 0.25) is 0 Å². The topological polar surface area (TPSA) is 34.9 Å². The summed E-state index contributed by atoms with van der Waals surface area (Å²) in [7, 11) is 0. The highest BCUT2D eigenvalue weighted by Gasteiger charge is 1.99. The molecule has 0 aliphatic heterocycles. The molecule has 0 saturated carbocycles. The van der Waals surface area contributed by atoms with Crippen LogP contribution in [0.15, 0.2) is 17.8 Å². The van der Waals surface area contributed by atoms with Gasteiger partial charge in [-0.2, -0.15) is 5.10 Å². The highest BCUT2D eigenvalue weighted by atomic mass is 16.1. The van der Waals surface area contributed by atoms with E-state index in [-0.39, 0.29) is 0 Å². The fraction of sp³-hybridized carbons (Fsp3) is 0.455. The van der Waals surface area contributed by atoms with Gasteiger partial charge in [0.2, 0.25) is 0 Å². The molecule has 0 bridgehead atoms. The largest absolute Gasteiger partial charge is 0.298 e. The maximum Gasteiger partial charge on any atom is 0.146 e. The second-order valence-corrected chi connectivity index (χ2v) is 3.17. The minimum Gasteiger partial charge on any atom is -0.298 e. The van der Waals surface area contributed by atoms with Crippen molar-refractivity contribution in [1.82, 2.24) is 9.78 Å². The zero-order chi connectivity index (χ0) is 10.4. The van der Waals surface area contributed by atoms with Gasteiger partial charge in [0.05, 0.1) is 5.69 Å². The number of allylic oxidation sites excluding steroid dienone is 1. The number of carbonyl (C=O) groups is 1. The number of nitrogens with zero attached hydrogens (tertiary/aromatic N) is 2. The van der Waals surface area contributed by atoms with Crippen LogP contribution in [0, 0.1) is 0 Å². The van der Waals surface area contributed by atoms with Gasteiger partial charge in [-0.3, -0.25) is 9.48 Å². The minimum atomic E-state index is 0.765. The van der Waals surface area contributed by atoms with Crippen LogP contribution in [-0.4, -0.2) is 16.1 Å². The first-order valence-corrected chi connectivity index (χ1v) is 4.99. The number of carbonyl (C=O) groups excluding carboxylic acids is 1. The molecule has 0 N–H and O–H groups in total. The molecule has 76 valence electrons. The first-order valence-electron chi connectivity index (χ1n) is 4.99. The Morgan fingerprint density at radius 3 is 2.93 bits per heavy atom. The third kappa shape index (κ3) is 2.55. The van der Waals surface area contributed by atoms with Gasteiger partial charge in [0, 0.05) is 12.7 Å². The van der Waals surface area contributed by atoms with E-state index in [0.29, 0.717) is 0 Å². The van der Waals surface area contributed by atoms with Crippen LogP contribution < -0.4 is 0 Å². The van der Waals surface area contributed by atoms with Crippen LogP contribution in [0.3, 0.4) is 0 Å². The molecule has 0 fully saturated rings. The van der Waals surface area contributed by atoms with Crippen molar-refractivity contribution in [3.05, 3.63) is 23.5 Å². The molecule has 1 heterocycles. The Hall–Kier alpha value is -1.38. The Bertz CT molecular complexity index is 326. The van der Waals surface area contributed by atoms with Crippen molar-refractivity contribution in [3.8, 4) is 0 Å². The lowest BCUT2D eigenvalue weighted by molar-refractivity contribution is -0.104. The zero-order valence-corrected chi connectivity index (χ0v) is 8.73. The van der Waals surface area contributed by atoms with E-state index in [1.54, 1.807) is 6.20 Å². The summed E-state index contributed by atoms with van der Waals surface area (Å²) in [6, 6.07) is 1.93. The van der Waals surface area contributed by atoms with Gasteiger partial charge in [-0.1, -0.05) is 13.8 Å². The first kappa shape index (κ1) is 10.7. The van der Waals surface area contributed by atoms with Gasteiger partial charge in [0.25, 0.3) is 0 Å². The predicted molar refractivity (Wildman–Crippen MR) is 56.9 cm³/mol. The molecule has 3 nitrogen and oxygen atoms in total. The normalized spacial score (nSPS) is 11.7. The molecule has 3 heteroatoms. The van der Waals surface area contributed by atoms with Crippen molar-refractivity contribution in [1.29, 1.82) is 0 Å². The summed E-state index contributed by atoms with van der Waals surface area (Å²) < 4.78 is 1.92. The number of aryl methyl sites for hydroxylation is 1. The SMILES string of the molecule is CCCn1nccc1/C=C(\C=O)CC. The molecule has 14 heavy (non-hydrogen) atoms. The molecular formula is C11H16N2O. The maximum absolute atomic E-state index is 10.6. The molecule has 0 aromatic carbocycles. The van der Waals surface area contributed by atoms with Crippen LogP contribution in [-0.2, 0) is 11.3 Å². The Morgan fingerprint density at radius 2 is 2.36 bits per heavy atom. The number of hydrogen-bond donors (Lipinski definition) is 0. The van der Waals surface area contributed by atoms with Crippen molar-refractivity contribution >= 4 is 12.4 Å². The van der Waals surface area contributed by atoms with Crippen LogP contribution in [0.4, 0.5) is 0 Å². The van der Waals surface area contributed by atoms with Crippen molar-refractivity contribution in [3.63, 3.8) is 0 Å². The molecule has 0 spiro atoms. The zero-order valence-electron chi connectivity index (χ0n) is 8.73. The monoisotopic (exact) mass is 192 g/mol. The number of aromatic nitrogens is 2. The van der Waals surface area contributed by atoms with Crippen molar-refractivity contribution in [2.24, 2.45) is 0 Å². The van der Waals surface area contributed by atoms with Gasteiger partial charge in [-0.25, -0.2) is 0 Å². The molecular weight excluding hydrogens is 176 g/mol. The Balaban J connectivity index is 2.89. The van der Waals surface area contributed by atoms with Crippen molar-refractivity contribution in [2.45, 2.75) is 33.2 Å². The summed E-state index contributed by atoms with van der Waals surface area (Å²) in [6.07, 6.45) is 6.38. The summed E-state index contributed by atoms with van der Waals surface area (Å²) >= 11 is 0. The Kier molecular flexibility index (Phi) is 4.11. The van der Waals surface area contributed by atoms with E-state index in [4.69, 9.17) is 0 Å². The average Bonchev–Trinajstić information content (AvgIpc) is 2.62. The van der Waals surface area contributed by atoms with Gasteiger partial charge < -0.3 is 0 Å². The molecule has 0 aliphatic rings. The van der Waals surface area contributed by atoms with E-state index in [9.17, 15) is 4.79 Å². The molecule has 1 aromatic rings. The third-order valence-corrected chi connectivity index (χ3v) is 2.08. The van der Waals surface area contributed by atoms with Crippen LogP contribution in [0.1, 0.15) is 32.4 Å². The maximum atomic E-state index is 10.6. The van der Waals surface area contributed by atoms with Crippen LogP contribution >= 0.6 is 0 Å². The quantitative estimate of drug-likeness (QED) is 0.530. The lowest BCUT2D eigenvalue weighted by Gasteiger charge is -2.02. The summed E-state index contributed by atoms with van der Waals surface area (Å²) in [5.74, 6) is 0. The van der Waals surface area contributed by atoms with Crippen molar-refractivity contribution in [2.75, 3.05) is 0 Å². The Labute approximate surface area is 84.4 Å². The lowest BCUT2D eigenvalue weighted by Crippen LogP contribution is -2.01. The predicted octanol–water partition coefficient (Wildman–Crippen LogP) is 2.29. The molecule has 0 atom stereocenters. The van der Waals surface area contributed by atoms with Gasteiger partial charge >= 0.3 is 0 Å². The molecule has 0 amide bonds. The number of aldehydes is 1. The van der Waals surface area contributed by atoms with E-state index in [1.165, 1.54) is 0 Å². The smallest absolute Gasteiger partial charge is 0.146 e. The number of hydrogen-bond acceptors (Lipinski definition) is 2. The van der Waals surface area contributed by atoms with Gasteiger partial charge in [0.15, 0.2) is 0 Å². The summed E-state index contributed by atoms with van der Waals surface area (Å²) in [5.41, 5.74) is 1.82. The standard InChI is InChI=1S/C11H16N2O/c1-3-7-13-11(5-6-12-13)8-10(4-2)9-14/h5-6,8-9H,3-4,7H2,1-2H3/b10-8-. The van der Waals surface area contributed by atoms with Crippen LogP contribution in [0.25, 0.3) is 6.08 Å². The summed E-state index contributed by atoms with van der Waals surface area (Å²) in [4.78, 5) is 10.6. The molecule has 0 radical (unpaired) electrons.